The van der Waals surface area contributed by atoms with Crippen molar-refractivity contribution in [2.75, 3.05) is 6.61 Å². The van der Waals surface area contributed by atoms with Crippen molar-refractivity contribution < 1.29 is 4.74 Å². The summed E-state index contributed by atoms with van der Waals surface area (Å²) in [7, 11) is 0. The van der Waals surface area contributed by atoms with Crippen LogP contribution in [0.4, 0.5) is 0 Å². The number of hydrogen-bond acceptors (Lipinski definition) is 2. The van der Waals surface area contributed by atoms with E-state index in [-0.39, 0.29) is 0 Å². The molecule has 15 heavy (non-hydrogen) atoms. The van der Waals surface area contributed by atoms with Crippen LogP contribution in [0.15, 0.2) is 18.2 Å². The molecule has 0 aromatic heterocycles. The van der Waals surface area contributed by atoms with E-state index in [1.165, 1.54) is 0 Å². The van der Waals surface area contributed by atoms with Gasteiger partial charge in [0.1, 0.15) is 17.4 Å². The third kappa shape index (κ3) is 3.45. The Balaban J connectivity index is 2.69. The van der Waals surface area contributed by atoms with Crippen LogP contribution in [0.5, 0.6) is 5.75 Å². The summed E-state index contributed by atoms with van der Waals surface area (Å²) < 4.78 is 5.51. The van der Waals surface area contributed by atoms with Crippen molar-refractivity contribution in [3.63, 3.8) is 0 Å². The van der Waals surface area contributed by atoms with Crippen molar-refractivity contribution in [3.8, 4) is 11.8 Å². The van der Waals surface area contributed by atoms with Gasteiger partial charge in [-0.3, -0.25) is 0 Å². The standard InChI is InChI=1S/C12H14ClNO/c1-9(2)6-7-15-12-5-3-4-11(13)10(12)8-14/h3-5,9H,6-7H2,1-2H3. The Kier molecular flexibility index (Phi) is 4.45. The first-order valence-electron chi connectivity index (χ1n) is 4.96. The zero-order valence-corrected chi connectivity index (χ0v) is 9.71. The van der Waals surface area contributed by atoms with Gasteiger partial charge in [0.25, 0.3) is 0 Å². The molecule has 0 radical (unpaired) electrons. The summed E-state index contributed by atoms with van der Waals surface area (Å²) in [6.45, 7) is 4.88. The van der Waals surface area contributed by atoms with Crippen molar-refractivity contribution in [2.45, 2.75) is 20.3 Å². The fraction of sp³-hybridized carbons (Fsp3) is 0.417. The summed E-state index contributed by atoms with van der Waals surface area (Å²) in [6, 6.07) is 7.29. The minimum atomic E-state index is 0.419. The lowest BCUT2D eigenvalue weighted by molar-refractivity contribution is 0.289. The molecule has 80 valence electrons. The molecular formula is C12H14ClNO. The number of nitriles is 1. The highest BCUT2D eigenvalue weighted by molar-refractivity contribution is 6.31. The van der Waals surface area contributed by atoms with E-state index in [9.17, 15) is 0 Å². The number of hydrogen-bond donors (Lipinski definition) is 0. The van der Waals surface area contributed by atoms with E-state index in [2.05, 4.69) is 13.8 Å². The van der Waals surface area contributed by atoms with Crippen LogP contribution >= 0.6 is 11.6 Å². The summed E-state index contributed by atoms with van der Waals surface area (Å²) in [4.78, 5) is 0. The fourth-order valence-electron chi connectivity index (χ4n) is 1.14. The second-order valence-corrected chi connectivity index (χ2v) is 4.16. The van der Waals surface area contributed by atoms with Crippen LogP contribution in [0.1, 0.15) is 25.8 Å². The first-order chi connectivity index (χ1) is 7.15. The fourth-order valence-corrected chi connectivity index (χ4v) is 1.35. The molecular weight excluding hydrogens is 210 g/mol. The lowest BCUT2D eigenvalue weighted by Gasteiger charge is -2.09. The predicted octanol–water partition coefficient (Wildman–Crippen LogP) is 3.64. The van der Waals surface area contributed by atoms with Crippen molar-refractivity contribution in [3.05, 3.63) is 28.8 Å². The minimum absolute atomic E-state index is 0.419. The normalized spacial score (nSPS) is 10.1. The number of ether oxygens (including phenoxy) is 1. The Morgan fingerprint density at radius 3 is 2.80 bits per heavy atom. The molecule has 0 saturated heterocycles. The maximum absolute atomic E-state index is 8.89. The van der Waals surface area contributed by atoms with E-state index in [4.69, 9.17) is 21.6 Å². The molecule has 0 aliphatic carbocycles. The van der Waals surface area contributed by atoms with Crippen LogP contribution in [-0.2, 0) is 0 Å². The van der Waals surface area contributed by atoms with Gasteiger partial charge in [0.2, 0.25) is 0 Å². The quantitative estimate of drug-likeness (QED) is 0.781. The minimum Gasteiger partial charge on any atom is -0.492 e. The topological polar surface area (TPSA) is 33.0 Å². The summed E-state index contributed by atoms with van der Waals surface area (Å²) in [5.74, 6) is 1.17. The largest absolute Gasteiger partial charge is 0.492 e. The van der Waals surface area contributed by atoms with Gasteiger partial charge in [-0.15, -0.1) is 0 Å². The van der Waals surface area contributed by atoms with Crippen molar-refractivity contribution in [1.29, 1.82) is 5.26 Å². The molecule has 0 unspecified atom stereocenters. The molecule has 0 fully saturated rings. The summed E-state index contributed by atoms with van der Waals surface area (Å²) >= 11 is 5.87. The van der Waals surface area contributed by atoms with Crippen molar-refractivity contribution in [1.82, 2.24) is 0 Å². The second kappa shape index (κ2) is 5.63. The molecule has 0 spiro atoms. The molecule has 0 heterocycles. The van der Waals surface area contributed by atoms with Crippen LogP contribution in [0.2, 0.25) is 5.02 Å². The molecule has 0 bridgehead atoms. The van der Waals surface area contributed by atoms with Gasteiger partial charge in [-0.1, -0.05) is 31.5 Å². The van der Waals surface area contributed by atoms with E-state index < -0.39 is 0 Å². The number of halogens is 1. The molecule has 0 aliphatic rings. The number of rotatable bonds is 4. The number of benzene rings is 1. The van der Waals surface area contributed by atoms with E-state index in [0.717, 1.165) is 6.42 Å². The average Bonchev–Trinajstić information content (AvgIpc) is 2.17. The zero-order chi connectivity index (χ0) is 11.3. The Bertz CT molecular complexity index is 368. The Hall–Kier alpha value is -1.20. The lowest BCUT2D eigenvalue weighted by atomic mass is 10.1. The SMILES string of the molecule is CC(C)CCOc1cccc(Cl)c1C#N. The van der Waals surface area contributed by atoms with Crippen LogP contribution in [-0.4, -0.2) is 6.61 Å². The van der Waals surface area contributed by atoms with Gasteiger partial charge in [0.05, 0.1) is 11.6 Å². The predicted molar refractivity (Wildman–Crippen MR) is 61.1 cm³/mol. The Morgan fingerprint density at radius 1 is 1.47 bits per heavy atom. The lowest BCUT2D eigenvalue weighted by Crippen LogP contribution is -2.02. The van der Waals surface area contributed by atoms with Crippen molar-refractivity contribution in [2.24, 2.45) is 5.92 Å². The van der Waals surface area contributed by atoms with E-state index in [1.807, 2.05) is 6.07 Å². The van der Waals surface area contributed by atoms with Gasteiger partial charge in [0.15, 0.2) is 0 Å². The third-order valence-electron chi connectivity index (χ3n) is 2.04. The highest BCUT2D eigenvalue weighted by Gasteiger charge is 2.07. The van der Waals surface area contributed by atoms with Gasteiger partial charge in [0, 0.05) is 0 Å². The molecule has 0 N–H and O–H groups in total. The maximum Gasteiger partial charge on any atom is 0.138 e. The molecule has 1 rings (SSSR count). The number of nitrogens with zero attached hydrogens (tertiary/aromatic N) is 1. The molecule has 3 heteroatoms. The highest BCUT2D eigenvalue weighted by Crippen LogP contribution is 2.25. The smallest absolute Gasteiger partial charge is 0.138 e. The summed E-state index contributed by atoms with van der Waals surface area (Å²) in [5, 5.41) is 9.34. The molecule has 0 saturated carbocycles. The first-order valence-corrected chi connectivity index (χ1v) is 5.34. The van der Waals surface area contributed by atoms with Crippen LogP contribution in [0, 0.1) is 17.2 Å². The molecule has 0 atom stereocenters. The monoisotopic (exact) mass is 223 g/mol. The second-order valence-electron chi connectivity index (χ2n) is 3.76. The van der Waals surface area contributed by atoms with Gasteiger partial charge < -0.3 is 4.74 Å². The summed E-state index contributed by atoms with van der Waals surface area (Å²) in [6.07, 6.45) is 0.970. The van der Waals surface area contributed by atoms with Gasteiger partial charge in [-0.25, -0.2) is 0 Å². The van der Waals surface area contributed by atoms with Gasteiger partial charge in [-0.2, -0.15) is 5.26 Å². The molecule has 0 aliphatic heterocycles. The Morgan fingerprint density at radius 2 is 2.20 bits per heavy atom. The van der Waals surface area contributed by atoms with E-state index in [1.54, 1.807) is 18.2 Å². The van der Waals surface area contributed by atoms with E-state index in [0.29, 0.717) is 28.9 Å². The first kappa shape index (κ1) is 11.9. The third-order valence-corrected chi connectivity index (χ3v) is 2.35. The molecule has 1 aromatic carbocycles. The van der Waals surface area contributed by atoms with Crippen molar-refractivity contribution >= 4 is 11.6 Å². The highest BCUT2D eigenvalue weighted by atomic mass is 35.5. The van der Waals surface area contributed by atoms with E-state index >= 15 is 0 Å². The van der Waals surface area contributed by atoms with Crippen LogP contribution < -0.4 is 4.74 Å². The molecule has 2 nitrogen and oxygen atoms in total. The average molecular weight is 224 g/mol. The Labute approximate surface area is 95.4 Å². The molecule has 0 amide bonds. The summed E-state index contributed by atoms with van der Waals surface area (Å²) in [5.41, 5.74) is 0.419. The van der Waals surface area contributed by atoms with Crippen LogP contribution in [0.3, 0.4) is 0 Å². The molecule has 1 aromatic rings. The maximum atomic E-state index is 8.89. The van der Waals surface area contributed by atoms with Gasteiger partial charge >= 0.3 is 0 Å². The van der Waals surface area contributed by atoms with Crippen LogP contribution in [0.25, 0.3) is 0 Å². The van der Waals surface area contributed by atoms with Gasteiger partial charge in [-0.05, 0) is 24.5 Å². The zero-order valence-electron chi connectivity index (χ0n) is 8.96.